The van der Waals surface area contributed by atoms with Crippen LogP contribution in [0.1, 0.15) is 24.0 Å². The highest BCUT2D eigenvalue weighted by Crippen LogP contribution is 2.33. The zero-order valence-electron chi connectivity index (χ0n) is 16.7. The molecular formula is C22H21F2N3OP2. The average molecular weight is 443 g/mol. The van der Waals surface area contributed by atoms with Gasteiger partial charge in [-0.1, -0.05) is 24.8 Å². The van der Waals surface area contributed by atoms with Crippen LogP contribution in [0.4, 0.5) is 8.78 Å². The van der Waals surface area contributed by atoms with Crippen molar-refractivity contribution >= 4 is 51.7 Å². The van der Waals surface area contributed by atoms with Crippen molar-refractivity contribution in [2.45, 2.75) is 12.8 Å². The number of hydrogen-bond donors (Lipinski definition) is 0. The average Bonchev–Trinajstić information content (AvgIpc) is 2.77. The molecule has 8 heteroatoms. The predicted molar refractivity (Wildman–Crippen MR) is 129 cm³/mol. The highest BCUT2D eigenvalue weighted by atomic mass is 31.0. The van der Waals surface area contributed by atoms with E-state index in [1.54, 1.807) is 20.2 Å². The maximum absolute atomic E-state index is 15.4. The fourth-order valence-electron chi connectivity index (χ4n) is 3.53. The molecule has 0 aromatic heterocycles. The van der Waals surface area contributed by atoms with Crippen LogP contribution < -0.4 is 10.6 Å². The molecular weight excluding hydrogens is 422 g/mol. The molecule has 30 heavy (non-hydrogen) atoms. The summed E-state index contributed by atoms with van der Waals surface area (Å²) < 4.78 is 30.6. The monoisotopic (exact) mass is 443 g/mol. The standard InChI is InChI=1S/C22H21F2N3OP2/c1-11(27-28)14-9-13(10-15(25-2)20(14)26-3)17-19(24)18(23)16(21(29)22(17)30)12-7-5-4-6-8-12/h5,7-10H,1,4,6,29-30H2,2-3H3. The topological polar surface area (TPSA) is 54.1 Å². The van der Waals surface area contributed by atoms with E-state index in [2.05, 4.69) is 40.2 Å². The third-order valence-electron chi connectivity index (χ3n) is 5.01. The summed E-state index contributed by atoms with van der Waals surface area (Å²) in [7, 11) is 8.11. The van der Waals surface area contributed by atoms with Gasteiger partial charge in [0.2, 0.25) is 0 Å². The van der Waals surface area contributed by atoms with Crippen LogP contribution in [0.15, 0.2) is 63.4 Å². The quantitative estimate of drug-likeness (QED) is 0.386. The van der Waals surface area contributed by atoms with E-state index < -0.39 is 11.6 Å². The molecule has 0 saturated heterocycles. The largest absolute Gasteiger partial charge is 0.286 e. The Morgan fingerprint density at radius 3 is 2.13 bits per heavy atom. The first kappa shape index (κ1) is 22.3. The van der Waals surface area contributed by atoms with Crippen molar-refractivity contribution in [3.8, 4) is 0 Å². The van der Waals surface area contributed by atoms with Crippen molar-refractivity contribution in [1.29, 1.82) is 0 Å². The second kappa shape index (κ2) is 9.16. The minimum atomic E-state index is -0.972. The highest BCUT2D eigenvalue weighted by Gasteiger charge is 2.28. The molecule has 0 N–H and O–H groups in total. The molecule has 0 aliphatic heterocycles. The van der Waals surface area contributed by atoms with E-state index in [0.717, 1.165) is 12.8 Å². The number of nitroso groups, excluding NO2 is 1. The van der Waals surface area contributed by atoms with Gasteiger partial charge in [-0.3, -0.25) is 9.98 Å². The number of rotatable bonds is 4. The Balaban J connectivity index is 2.28. The van der Waals surface area contributed by atoms with Crippen molar-refractivity contribution in [3.05, 3.63) is 75.9 Å². The van der Waals surface area contributed by atoms with Crippen molar-refractivity contribution in [3.63, 3.8) is 0 Å². The minimum absolute atomic E-state index is 0.0613. The molecule has 0 bridgehead atoms. The summed E-state index contributed by atoms with van der Waals surface area (Å²) in [6, 6.07) is 0. The Bertz CT molecular complexity index is 1110. The van der Waals surface area contributed by atoms with Crippen LogP contribution in [-0.2, 0) is 0 Å². The van der Waals surface area contributed by atoms with Gasteiger partial charge in [0.15, 0.2) is 11.6 Å². The third kappa shape index (κ3) is 3.82. The zero-order chi connectivity index (χ0) is 22.0. The molecule has 2 atom stereocenters. The first-order valence-electron chi connectivity index (χ1n) is 9.19. The second-order valence-corrected chi connectivity index (χ2v) is 7.88. The van der Waals surface area contributed by atoms with Crippen LogP contribution in [-0.4, -0.2) is 25.5 Å². The van der Waals surface area contributed by atoms with Crippen LogP contribution in [0.2, 0.25) is 0 Å². The summed E-state index contributed by atoms with van der Waals surface area (Å²) >= 11 is 0. The Hall–Kier alpha value is -2.42. The zero-order valence-corrected chi connectivity index (χ0v) is 19.0. The van der Waals surface area contributed by atoms with Crippen LogP contribution >= 0.6 is 18.5 Å². The lowest BCUT2D eigenvalue weighted by atomic mass is 9.88. The molecule has 2 unspecified atom stereocenters. The smallest absolute Gasteiger partial charge is 0.167 e. The van der Waals surface area contributed by atoms with E-state index in [0.29, 0.717) is 38.8 Å². The summed E-state index contributed by atoms with van der Waals surface area (Å²) in [5, 5.41) is 3.93. The van der Waals surface area contributed by atoms with E-state index in [9.17, 15) is 4.91 Å². The van der Waals surface area contributed by atoms with Gasteiger partial charge in [0.25, 0.3) is 0 Å². The Morgan fingerprint density at radius 1 is 1.00 bits per heavy atom. The van der Waals surface area contributed by atoms with Crippen molar-refractivity contribution in [1.82, 2.24) is 0 Å². The van der Waals surface area contributed by atoms with Crippen LogP contribution in [0, 0.1) is 16.5 Å². The molecule has 2 aliphatic rings. The lowest BCUT2D eigenvalue weighted by molar-refractivity contribution is 0.506. The van der Waals surface area contributed by atoms with E-state index >= 15 is 8.78 Å². The molecule has 0 spiro atoms. The second-order valence-electron chi connectivity index (χ2n) is 6.72. The van der Waals surface area contributed by atoms with Gasteiger partial charge in [-0.15, -0.1) is 23.4 Å². The summed E-state index contributed by atoms with van der Waals surface area (Å²) in [5.74, 6) is -1.90. The van der Waals surface area contributed by atoms with Crippen molar-refractivity contribution in [2.75, 3.05) is 14.1 Å². The summed E-state index contributed by atoms with van der Waals surface area (Å²) in [4.78, 5) is 19.4. The van der Waals surface area contributed by atoms with E-state index in [1.165, 1.54) is 6.08 Å². The Labute approximate surface area is 178 Å². The fraction of sp³-hybridized carbons (Fsp3) is 0.182. The normalized spacial score (nSPS) is 18.9. The van der Waals surface area contributed by atoms with Gasteiger partial charge in [-0.25, -0.2) is 8.78 Å². The summed E-state index contributed by atoms with van der Waals surface area (Å²) in [6.07, 6.45) is 10.5. The molecule has 0 radical (unpaired) electrons. The maximum atomic E-state index is 15.4. The maximum Gasteiger partial charge on any atom is 0.167 e. The number of halogens is 2. The molecule has 4 nitrogen and oxygen atoms in total. The minimum Gasteiger partial charge on any atom is -0.286 e. The predicted octanol–water partition coefficient (Wildman–Crippen LogP) is 4.44. The fourth-order valence-corrected chi connectivity index (χ4v) is 4.40. The van der Waals surface area contributed by atoms with Gasteiger partial charge in [0.05, 0.1) is 11.4 Å². The Kier molecular flexibility index (Phi) is 6.80. The van der Waals surface area contributed by atoms with Crippen molar-refractivity contribution < 1.29 is 8.78 Å². The summed E-state index contributed by atoms with van der Waals surface area (Å²) in [6.45, 7) is 3.64. The first-order chi connectivity index (χ1) is 14.3. The summed E-state index contributed by atoms with van der Waals surface area (Å²) in [5.41, 5.74) is 2.40. The number of aliphatic imine (C=N–C) groups is 2. The van der Waals surface area contributed by atoms with Gasteiger partial charge >= 0.3 is 0 Å². The number of nitrogens with zero attached hydrogens (tertiary/aromatic N) is 3. The molecule has 154 valence electrons. The van der Waals surface area contributed by atoms with Gasteiger partial charge < -0.3 is 0 Å². The van der Waals surface area contributed by atoms with Gasteiger partial charge in [-0.2, -0.15) is 0 Å². The lowest BCUT2D eigenvalue weighted by Crippen LogP contribution is -2.27. The molecule has 2 aliphatic carbocycles. The van der Waals surface area contributed by atoms with Gasteiger partial charge in [0, 0.05) is 30.8 Å². The van der Waals surface area contributed by atoms with Gasteiger partial charge in [-0.05, 0) is 51.9 Å². The Morgan fingerprint density at radius 2 is 1.63 bits per heavy atom. The molecule has 1 aromatic carbocycles. The van der Waals surface area contributed by atoms with Crippen LogP contribution in [0.25, 0.3) is 11.1 Å². The molecule has 0 fully saturated rings. The molecule has 0 heterocycles. The van der Waals surface area contributed by atoms with E-state index in [-0.39, 0.29) is 16.8 Å². The first-order valence-corrected chi connectivity index (χ1v) is 10.3. The lowest BCUT2D eigenvalue weighted by Gasteiger charge is -2.22. The van der Waals surface area contributed by atoms with Gasteiger partial charge in [0.1, 0.15) is 5.70 Å². The molecule has 0 saturated carbocycles. The highest BCUT2D eigenvalue weighted by molar-refractivity contribution is 7.36. The van der Waals surface area contributed by atoms with Crippen molar-refractivity contribution in [2.24, 2.45) is 15.2 Å². The molecule has 0 amide bonds. The molecule has 1 aromatic rings. The third-order valence-corrected chi connectivity index (χ3v) is 6.54. The molecule has 3 rings (SSSR count). The number of allylic oxidation sites excluding steroid dienone is 8. The van der Waals surface area contributed by atoms with Crippen LogP contribution in [0.3, 0.4) is 0 Å². The SMILES string of the molecule is C=C(N=O)C1=CC(c2c(F)c(F)c(C3=CCCC=C3)c(P)c2P)=CC(=NC)C1=NC. The number of hydrogen-bond acceptors (Lipinski definition) is 4. The van der Waals surface area contributed by atoms with E-state index in [4.69, 9.17) is 0 Å². The van der Waals surface area contributed by atoms with Crippen LogP contribution in [0.5, 0.6) is 0 Å². The van der Waals surface area contributed by atoms with E-state index in [1.807, 2.05) is 18.2 Å². The number of benzene rings is 1.